The largest absolute Gasteiger partial charge is 0.463 e. The second kappa shape index (κ2) is 16.3. The van der Waals surface area contributed by atoms with Gasteiger partial charge in [-0.2, -0.15) is 0 Å². The van der Waals surface area contributed by atoms with E-state index in [2.05, 4.69) is 0 Å². The fraction of sp³-hybridized carbons (Fsp3) is 0.731. The van der Waals surface area contributed by atoms with Crippen molar-refractivity contribution in [2.45, 2.75) is 110 Å². The first-order chi connectivity index (χ1) is 20.5. The second-order valence-electron chi connectivity index (χ2n) is 9.68. The van der Waals surface area contributed by atoms with E-state index in [1.807, 2.05) is 0 Å². The third-order valence-electron chi connectivity index (χ3n) is 5.90. The molecule has 2 aliphatic heterocycles. The predicted molar refractivity (Wildman–Crippen MR) is 135 cm³/mol. The van der Waals surface area contributed by atoms with E-state index in [0.717, 1.165) is 48.5 Å². The maximum Gasteiger partial charge on any atom is 0.303 e. The van der Waals surface area contributed by atoms with Crippen molar-refractivity contribution in [1.82, 2.24) is 0 Å². The van der Waals surface area contributed by atoms with Crippen molar-refractivity contribution < 1.29 is 86.0 Å². The van der Waals surface area contributed by atoms with E-state index in [9.17, 15) is 38.7 Å². The van der Waals surface area contributed by atoms with Crippen LogP contribution in [0.5, 0.6) is 0 Å². The summed E-state index contributed by atoms with van der Waals surface area (Å²) in [5.41, 5.74) is 0. The fourth-order valence-electron chi connectivity index (χ4n) is 4.49. The van der Waals surface area contributed by atoms with Gasteiger partial charge in [0, 0.05) is 48.5 Å². The highest BCUT2D eigenvalue weighted by Crippen LogP contribution is 2.35. The molecule has 44 heavy (non-hydrogen) atoms. The SMILES string of the molecule is CC(=O)OC[C@H]1O[C@@H](OC2[C@@H](OC(C)=O)[C@H](O)O[C@H](COC(C)=O)[C@H]2OC(C)=O)[C@H](OC(C)=O)[C@@H](OC(C)=O)[C@@H]1OC(C)=O. The summed E-state index contributed by atoms with van der Waals surface area (Å²) in [6.07, 6.45) is -16.4. The summed E-state index contributed by atoms with van der Waals surface area (Å²) in [7, 11) is 0. The molecule has 0 bridgehead atoms. The normalized spacial score (nSPS) is 31.5. The zero-order chi connectivity index (χ0) is 33.3. The monoisotopic (exact) mass is 636 g/mol. The van der Waals surface area contributed by atoms with Crippen LogP contribution >= 0.6 is 0 Å². The number of rotatable bonds is 11. The zero-order valence-corrected chi connectivity index (χ0v) is 25.1. The molecule has 2 aliphatic rings. The molecule has 2 fully saturated rings. The van der Waals surface area contributed by atoms with Gasteiger partial charge in [0.25, 0.3) is 0 Å². The number of aliphatic hydroxyl groups is 1. The van der Waals surface area contributed by atoms with Crippen molar-refractivity contribution in [2.24, 2.45) is 0 Å². The van der Waals surface area contributed by atoms with Gasteiger partial charge in [-0.3, -0.25) is 33.6 Å². The number of carbonyl (C=O) groups is 7. The summed E-state index contributed by atoms with van der Waals surface area (Å²) < 4.78 is 54.0. The maximum atomic E-state index is 12.2. The number of carbonyl (C=O) groups excluding carboxylic acids is 7. The Bertz CT molecular complexity index is 1090. The first-order valence-corrected chi connectivity index (χ1v) is 13.3. The van der Waals surface area contributed by atoms with Crippen LogP contribution in [-0.2, 0) is 80.9 Å². The van der Waals surface area contributed by atoms with Gasteiger partial charge in [-0.05, 0) is 0 Å². The van der Waals surface area contributed by atoms with Crippen LogP contribution in [-0.4, -0.2) is 122 Å². The third kappa shape index (κ3) is 10.7. The van der Waals surface area contributed by atoms with Gasteiger partial charge < -0.3 is 52.5 Å². The van der Waals surface area contributed by atoms with Crippen molar-refractivity contribution in [3.8, 4) is 0 Å². The maximum absolute atomic E-state index is 12.2. The average Bonchev–Trinajstić information content (AvgIpc) is 2.87. The van der Waals surface area contributed by atoms with Crippen molar-refractivity contribution >= 4 is 41.8 Å². The van der Waals surface area contributed by atoms with Crippen LogP contribution in [0, 0.1) is 0 Å². The molecule has 0 radical (unpaired) electrons. The quantitative estimate of drug-likeness (QED) is 0.203. The molecule has 0 spiro atoms. The lowest BCUT2D eigenvalue weighted by molar-refractivity contribution is -0.357. The average molecular weight is 637 g/mol. The molecule has 2 rings (SSSR count). The van der Waals surface area contributed by atoms with E-state index in [1.165, 1.54) is 0 Å². The summed E-state index contributed by atoms with van der Waals surface area (Å²) in [5, 5.41) is 10.8. The van der Waals surface area contributed by atoms with Crippen molar-refractivity contribution in [2.75, 3.05) is 13.2 Å². The van der Waals surface area contributed by atoms with Gasteiger partial charge in [-0.1, -0.05) is 0 Å². The van der Waals surface area contributed by atoms with Gasteiger partial charge in [0.05, 0.1) is 0 Å². The highest BCUT2D eigenvalue weighted by atomic mass is 16.8. The molecule has 0 saturated carbocycles. The summed E-state index contributed by atoms with van der Waals surface area (Å²) in [6.45, 7) is 6.13. The minimum atomic E-state index is -1.94. The van der Waals surface area contributed by atoms with Crippen LogP contribution in [0.1, 0.15) is 48.5 Å². The van der Waals surface area contributed by atoms with Crippen LogP contribution in [0.25, 0.3) is 0 Å². The Morgan fingerprint density at radius 2 is 0.841 bits per heavy atom. The minimum Gasteiger partial charge on any atom is -0.463 e. The Kier molecular flexibility index (Phi) is 13.4. The third-order valence-corrected chi connectivity index (χ3v) is 5.90. The second-order valence-corrected chi connectivity index (χ2v) is 9.68. The lowest BCUT2D eigenvalue weighted by atomic mass is 9.96. The minimum absolute atomic E-state index is 0.560. The van der Waals surface area contributed by atoms with Crippen LogP contribution in [0.2, 0.25) is 0 Å². The van der Waals surface area contributed by atoms with Crippen molar-refractivity contribution in [3.05, 3.63) is 0 Å². The van der Waals surface area contributed by atoms with Gasteiger partial charge in [-0.25, -0.2) is 0 Å². The number of hydrogen-bond donors (Lipinski definition) is 1. The summed E-state index contributed by atoms with van der Waals surface area (Å²) >= 11 is 0. The summed E-state index contributed by atoms with van der Waals surface area (Å²) in [6, 6.07) is 0. The Hall–Kier alpha value is -3.87. The molecule has 18 heteroatoms. The van der Waals surface area contributed by atoms with E-state index < -0.39 is 116 Å². The molecule has 0 aromatic heterocycles. The topological polar surface area (TPSA) is 232 Å². The Morgan fingerprint density at radius 1 is 0.477 bits per heavy atom. The van der Waals surface area contributed by atoms with E-state index in [1.54, 1.807) is 0 Å². The van der Waals surface area contributed by atoms with E-state index >= 15 is 0 Å². The smallest absolute Gasteiger partial charge is 0.303 e. The molecule has 18 nitrogen and oxygen atoms in total. The molecule has 1 N–H and O–H groups in total. The lowest BCUT2D eigenvalue weighted by Gasteiger charge is -2.48. The standard InChI is InChI=1S/C26H36O18/c1-10(27)35-8-17-19(37-12(3)29)21(23(25(34)42-17)40-15(6)32)44-26-24(41-16(7)33)22(39-14(5)31)20(38-13(4)30)18(43-26)9-36-11(2)28/h17-26,34H,8-9H2,1-7H3/t17-,18-,19-,20-,21?,22+,23-,24-,25-,26+/m1/s1. The number of esters is 7. The molecule has 2 heterocycles. The van der Waals surface area contributed by atoms with Crippen LogP contribution in [0.3, 0.4) is 0 Å². The van der Waals surface area contributed by atoms with E-state index in [4.69, 9.17) is 47.4 Å². The highest BCUT2D eigenvalue weighted by molar-refractivity contribution is 5.69. The number of ether oxygens (including phenoxy) is 10. The van der Waals surface area contributed by atoms with Crippen LogP contribution in [0.15, 0.2) is 0 Å². The molecular formula is C26H36O18. The van der Waals surface area contributed by atoms with Gasteiger partial charge in [0.1, 0.15) is 31.5 Å². The van der Waals surface area contributed by atoms with Gasteiger partial charge in [-0.15, -0.1) is 0 Å². The van der Waals surface area contributed by atoms with E-state index in [0.29, 0.717) is 0 Å². The zero-order valence-electron chi connectivity index (χ0n) is 25.1. The lowest BCUT2D eigenvalue weighted by Crippen LogP contribution is -2.67. The first kappa shape index (κ1) is 36.3. The first-order valence-electron chi connectivity index (χ1n) is 13.3. The van der Waals surface area contributed by atoms with Gasteiger partial charge in [0.2, 0.25) is 0 Å². The van der Waals surface area contributed by atoms with Crippen molar-refractivity contribution in [3.63, 3.8) is 0 Å². The molecule has 10 atom stereocenters. The molecule has 0 aromatic carbocycles. The molecule has 0 amide bonds. The van der Waals surface area contributed by atoms with Gasteiger partial charge in [0.15, 0.2) is 43.1 Å². The van der Waals surface area contributed by atoms with Gasteiger partial charge >= 0.3 is 41.8 Å². The molecule has 2 saturated heterocycles. The molecule has 1 unspecified atom stereocenters. The summed E-state index contributed by atoms with van der Waals surface area (Å²) in [4.78, 5) is 83.5. The van der Waals surface area contributed by atoms with Crippen LogP contribution in [0.4, 0.5) is 0 Å². The Labute approximate surface area is 251 Å². The molecular weight excluding hydrogens is 600 g/mol. The summed E-state index contributed by atoms with van der Waals surface area (Å²) in [5.74, 6) is -6.03. The molecule has 0 aliphatic carbocycles. The fourth-order valence-corrected chi connectivity index (χ4v) is 4.49. The van der Waals surface area contributed by atoms with Crippen LogP contribution < -0.4 is 0 Å². The predicted octanol–water partition coefficient (Wildman–Crippen LogP) is -1.40. The Balaban J connectivity index is 2.66. The Morgan fingerprint density at radius 3 is 1.27 bits per heavy atom. The number of aliphatic hydroxyl groups excluding tert-OH is 1. The molecule has 248 valence electrons. The molecule has 0 aromatic rings. The highest BCUT2D eigenvalue weighted by Gasteiger charge is 2.57. The van der Waals surface area contributed by atoms with E-state index in [-0.39, 0.29) is 0 Å². The van der Waals surface area contributed by atoms with Crippen molar-refractivity contribution in [1.29, 1.82) is 0 Å². The number of hydrogen-bond acceptors (Lipinski definition) is 18.